The molecule has 0 bridgehead atoms. The van der Waals surface area contributed by atoms with Crippen LogP contribution in [0.2, 0.25) is 0 Å². The Hall–Kier alpha value is -1.96. The van der Waals surface area contributed by atoms with Crippen LogP contribution in [-0.2, 0) is 0 Å². The SMILES string of the molecule is CC(C)c1ccc(N)cc1.Nc1ccccc1. The van der Waals surface area contributed by atoms with E-state index in [0.29, 0.717) is 5.92 Å². The third kappa shape index (κ3) is 5.07. The molecular formula is C15H20N2. The van der Waals surface area contributed by atoms with Gasteiger partial charge in [-0.2, -0.15) is 0 Å². The molecule has 0 heterocycles. The van der Waals surface area contributed by atoms with Gasteiger partial charge in [-0.05, 0) is 35.7 Å². The summed E-state index contributed by atoms with van der Waals surface area (Å²) in [5.74, 6) is 0.598. The first-order valence-corrected chi connectivity index (χ1v) is 5.75. The van der Waals surface area contributed by atoms with Crippen LogP contribution in [-0.4, -0.2) is 0 Å². The fourth-order valence-electron chi connectivity index (χ4n) is 1.33. The monoisotopic (exact) mass is 228 g/mol. The molecule has 0 aliphatic carbocycles. The van der Waals surface area contributed by atoms with Gasteiger partial charge in [0, 0.05) is 11.4 Å². The van der Waals surface area contributed by atoms with Gasteiger partial charge in [-0.15, -0.1) is 0 Å². The molecular weight excluding hydrogens is 208 g/mol. The van der Waals surface area contributed by atoms with Crippen LogP contribution in [0.5, 0.6) is 0 Å². The second kappa shape index (κ2) is 6.59. The van der Waals surface area contributed by atoms with Crippen molar-refractivity contribution in [3.05, 3.63) is 60.2 Å². The lowest BCUT2D eigenvalue weighted by molar-refractivity contribution is 0.867. The van der Waals surface area contributed by atoms with Crippen molar-refractivity contribution in [2.24, 2.45) is 0 Å². The third-order valence-corrected chi connectivity index (χ3v) is 2.40. The Balaban J connectivity index is 0.000000181. The molecule has 17 heavy (non-hydrogen) atoms. The van der Waals surface area contributed by atoms with Crippen molar-refractivity contribution < 1.29 is 0 Å². The summed E-state index contributed by atoms with van der Waals surface area (Å²) in [6.07, 6.45) is 0. The predicted octanol–water partition coefficient (Wildman–Crippen LogP) is 3.66. The molecule has 0 radical (unpaired) electrons. The Kier molecular flexibility index (Phi) is 5.08. The number of para-hydroxylation sites is 1. The van der Waals surface area contributed by atoms with Crippen LogP contribution in [0.1, 0.15) is 25.3 Å². The zero-order chi connectivity index (χ0) is 12.7. The Morgan fingerprint density at radius 3 is 1.53 bits per heavy atom. The molecule has 2 heteroatoms. The average Bonchev–Trinajstić information content (AvgIpc) is 2.31. The summed E-state index contributed by atoms with van der Waals surface area (Å²) in [4.78, 5) is 0. The Labute approximate surface area is 103 Å². The number of nitrogens with two attached hydrogens (primary N) is 2. The maximum Gasteiger partial charge on any atom is 0.0314 e. The van der Waals surface area contributed by atoms with Gasteiger partial charge in [0.2, 0.25) is 0 Å². The van der Waals surface area contributed by atoms with E-state index in [0.717, 1.165) is 11.4 Å². The highest BCUT2D eigenvalue weighted by Crippen LogP contribution is 2.14. The number of rotatable bonds is 1. The fourth-order valence-corrected chi connectivity index (χ4v) is 1.33. The summed E-state index contributed by atoms with van der Waals surface area (Å²) in [7, 11) is 0. The van der Waals surface area contributed by atoms with E-state index >= 15 is 0 Å². The summed E-state index contributed by atoms with van der Waals surface area (Å²) >= 11 is 0. The number of benzene rings is 2. The molecule has 2 aromatic rings. The van der Waals surface area contributed by atoms with Gasteiger partial charge in [0.1, 0.15) is 0 Å². The van der Waals surface area contributed by atoms with Crippen molar-refractivity contribution in [3.63, 3.8) is 0 Å². The van der Waals surface area contributed by atoms with E-state index in [-0.39, 0.29) is 0 Å². The minimum Gasteiger partial charge on any atom is -0.399 e. The van der Waals surface area contributed by atoms with Crippen LogP contribution in [0.15, 0.2) is 54.6 Å². The molecule has 2 nitrogen and oxygen atoms in total. The van der Waals surface area contributed by atoms with E-state index in [9.17, 15) is 0 Å². The van der Waals surface area contributed by atoms with Gasteiger partial charge in [-0.3, -0.25) is 0 Å². The van der Waals surface area contributed by atoms with Crippen molar-refractivity contribution in [3.8, 4) is 0 Å². The number of hydrogen-bond donors (Lipinski definition) is 2. The van der Waals surface area contributed by atoms with E-state index in [1.807, 2.05) is 42.5 Å². The van der Waals surface area contributed by atoms with Crippen molar-refractivity contribution in [2.75, 3.05) is 11.5 Å². The van der Waals surface area contributed by atoms with Crippen LogP contribution in [0, 0.1) is 0 Å². The smallest absolute Gasteiger partial charge is 0.0314 e. The Morgan fingerprint density at radius 1 is 0.706 bits per heavy atom. The maximum absolute atomic E-state index is 5.53. The van der Waals surface area contributed by atoms with E-state index in [2.05, 4.69) is 26.0 Å². The lowest BCUT2D eigenvalue weighted by atomic mass is 10.0. The van der Waals surface area contributed by atoms with Gasteiger partial charge in [-0.25, -0.2) is 0 Å². The molecule has 0 aromatic heterocycles. The highest BCUT2D eigenvalue weighted by atomic mass is 14.5. The maximum atomic E-state index is 5.53. The van der Waals surface area contributed by atoms with Crippen LogP contribution >= 0.6 is 0 Å². The summed E-state index contributed by atoms with van der Waals surface area (Å²) in [6, 6.07) is 17.5. The topological polar surface area (TPSA) is 52.0 Å². The fraction of sp³-hybridized carbons (Fsp3) is 0.200. The number of anilines is 2. The third-order valence-electron chi connectivity index (χ3n) is 2.40. The zero-order valence-corrected chi connectivity index (χ0v) is 10.4. The summed E-state index contributed by atoms with van der Waals surface area (Å²) in [6.45, 7) is 4.34. The van der Waals surface area contributed by atoms with Gasteiger partial charge >= 0.3 is 0 Å². The van der Waals surface area contributed by atoms with Gasteiger partial charge < -0.3 is 11.5 Å². The molecule has 0 saturated heterocycles. The molecule has 0 aliphatic heterocycles. The first-order valence-electron chi connectivity index (χ1n) is 5.75. The normalized spacial score (nSPS) is 9.59. The van der Waals surface area contributed by atoms with Crippen molar-refractivity contribution >= 4 is 11.4 Å². The van der Waals surface area contributed by atoms with Gasteiger partial charge in [0.25, 0.3) is 0 Å². The lowest BCUT2D eigenvalue weighted by Crippen LogP contribution is -1.88. The van der Waals surface area contributed by atoms with Gasteiger partial charge in [0.15, 0.2) is 0 Å². The number of nitrogen functional groups attached to an aromatic ring is 2. The van der Waals surface area contributed by atoms with Crippen LogP contribution in [0.4, 0.5) is 11.4 Å². The second-order valence-corrected chi connectivity index (χ2v) is 4.23. The standard InChI is InChI=1S/C9H13N.C6H7N/c1-7(2)8-3-5-9(10)6-4-8;7-6-4-2-1-3-5-6/h3-7H,10H2,1-2H3;1-5H,7H2. The first kappa shape index (κ1) is 13.1. The van der Waals surface area contributed by atoms with E-state index in [1.54, 1.807) is 0 Å². The molecule has 4 N–H and O–H groups in total. The summed E-state index contributed by atoms with van der Waals surface area (Å²) in [5, 5.41) is 0. The minimum absolute atomic E-state index is 0.598. The average molecular weight is 228 g/mol. The largest absolute Gasteiger partial charge is 0.399 e. The van der Waals surface area contributed by atoms with Gasteiger partial charge in [0.05, 0.1) is 0 Å². The van der Waals surface area contributed by atoms with E-state index < -0.39 is 0 Å². The highest BCUT2D eigenvalue weighted by molar-refractivity contribution is 5.40. The predicted molar refractivity (Wildman–Crippen MR) is 75.8 cm³/mol. The van der Waals surface area contributed by atoms with Crippen LogP contribution in [0.25, 0.3) is 0 Å². The van der Waals surface area contributed by atoms with Crippen molar-refractivity contribution in [2.45, 2.75) is 19.8 Å². The van der Waals surface area contributed by atoms with E-state index in [1.165, 1.54) is 5.56 Å². The lowest BCUT2D eigenvalue weighted by Gasteiger charge is -2.03. The molecule has 0 saturated carbocycles. The molecule has 0 fully saturated rings. The molecule has 2 rings (SSSR count). The van der Waals surface area contributed by atoms with Crippen LogP contribution in [0.3, 0.4) is 0 Å². The molecule has 90 valence electrons. The highest BCUT2D eigenvalue weighted by Gasteiger charge is 1.95. The van der Waals surface area contributed by atoms with Crippen LogP contribution < -0.4 is 11.5 Å². The summed E-state index contributed by atoms with van der Waals surface area (Å²) < 4.78 is 0. The van der Waals surface area contributed by atoms with Gasteiger partial charge in [-0.1, -0.05) is 44.2 Å². The molecule has 0 aliphatic rings. The molecule has 0 unspecified atom stereocenters. The van der Waals surface area contributed by atoms with Crippen molar-refractivity contribution in [1.82, 2.24) is 0 Å². The quantitative estimate of drug-likeness (QED) is 0.732. The molecule has 2 aromatic carbocycles. The first-order chi connectivity index (χ1) is 8.09. The van der Waals surface area contributed by atoms with E-state index in [4.69, 9.17) is 11.5 Å². The molecule has 0 atom stereocenters. The molecule has 0 amide bonds. The van der Waals surface area contributed by atoms with Crippen molar-refractivity contribution in [1.29, 1.82) is 0 Å². The second-order valence-electron chi connectivity index (χ2n) is 4.23. The molecule has 0 spiro atoms. The number of hydrogen-bond acceptors (Lipinski definition) is 2. The zero-order valence-electron chi connectivity index (χ0n) is 10.4. The minimum atomic E-state index is 0.598. The Bertz CT molecular complexity index is 418. The summed E-state index contributed by atoms with van der Waals surface area (Å²) in [5.41, 5.74) is 13.9. The Morgan fingerprint density at radius 2 is 1.18 bits per heavy atom.